The number of nitrogens with zero attached hydrogens (tertiary/aromatic N) is 1. The number of hydrogen-bond acceptors (Lipinski definition) is 5. The van der Waals surface area contributed by atoms with Crippen LogP contribution in [0.25, 0.3) is 0 Å². The van der Waals surface area contributed by atoms with Crippen LogP contribution in [0.15, 0.2) is 35.2 Å². The van der Waals surface area contributed by atoms with E-state index in [1.165, 1.54) is 4.90 Å². The van der Waals surface area contributed by atoms with E-state index in [2.05, 4.69) is 29.2 Å². The third kappa shape index (κ3) is 9.11. The van der Waals surface area contributed by atoms with Crippen LogP contribution in [0, 0.1) is 0 Å². The Morgan fingerprint density at radius 1 is 1.05 bits per heavy atom. The molecule has 2 N–H and O–H groups in total. The van der Waals surface area contributed by atoms with Gasteiger partial charge in [0.15, 0.2) is 0 Å². The summed E-state index contributed by atoms with van der Waals surface area (Å²) in [4.78, 5) is 3.63. The average Bonchev–Trinajstić information content (AvgIpc) is 2.53. The Balaban J connectivity index is 2.23. The lowest BCUT2D eigenvalue weighted by Crippen LogP contribution is -2.35. The van der Waals surface area contributed by atoms with E-state index in [0.29, 0.717) is 0 Å². The molecule has 0 aliphatic heterocycles. The molecule has 1 rings (SSSR count). The largest absolute Gasteiger partial charge is 0.383 e. The minimum Gasteiger partial charge on any atom is -0.383 e. The van der Waals surface area contributed by atoms with E-state index in [9.17, 15) is 0 Å². The molecular weight excluding hydrogens is 284 g/mol. The number of methoxy groups -OCH3 is 2. The molecule has 0 fully saturated rings. The van der Waals surface area contributed by atoms with Crippen molar-refractivity contribution in [3.8, 4) is 0 Å². The molecule has 0 aliphatic carbocycles. The maximum absolute atomic E-state index is 6.22. The molecule has 0 aromatic heterocycles. The van der Waals surface area contributed by atoms with Crippen molar-refractivity contribution in [2.24, 2.45) is 5.73 Å². The maximum Gasteiger partial charge on any atom is 0.0589 e. The molecule has 0 saturated carbocycles. The first kappa shape index (κ1) is 18.5. The fourth-order valence-electron chi connectivity index (χ4n) is 1.93. The summed E-state index contributed by atoms with van der Waals surface area (Å²) < 4.78 is 10.3. The lowest BCUT2D eigenvalue weighted by Gasteiger charge is -2.23. The van der Waals surface area contributed by atoms with E-state index in [1.807, 2.05) is 17.8 Å². The van der Waals surface area contributed by atoms with E-state index < -0.39 is 0 Å². The minimum absolute atomic E-state index is 0.211. The highest BCUT2D eigenvalue weighted by molar-refractivity contribution is 7.99. The standard InChI is InChI=1S/C16H28N2O2S/c1-19-12-10-18(11-13-20-2)9-8-15(17)14-21-16-6-4-3-5-7-16/h3-7,15H,8-14,17H2,1-2H3/t15-/m1/s1. The van der Waals surface area contributed by atoms with E-state index >= 15 is 0 Å². The van der Waals surface area contributed by atoms with Gasteiger partial charge < -0.3 is 15.2 Å². The van der Waals surface area contributed by atoms with E-state index in [4.69, 9.17) is 15.2 Å². The fourth-order valence-corrected chi connectivity index (χ4v) is 2.85. The van der Waals surface area contributed by atoms with Gasteiger partial charge in [-0.05, 0) is 25.1 Å². The molecule has 120 valence electrons. The number of hydrogen-bond donors (Lipinski definition) is 1. The Bertz CT molecular complexity index is 343. The van der Waals surface area contributed by atoms with E-state index in [-0.39, 0.29) is 6.04 Å². The quantitative estimate of drug-likeness (QED) is 0.599. The molecule has 0 amide bonds. The number of nitrogens with two attached hydrogens (primary N) is 1. The molecule has 0 saturated heterocycles. The average molecular weight is 312 g/mol. The SMILES string of the molecule is COCCN(CCOC)CC[C@@H](N)CSc1ccccc1. The van der Waals surface area contributed by atoms with Crippen LogP contribution in [0.1, 0.15) is 6.42 Å². The number of benzene rings is 1. The van der Waals surface area contributed by atoms with Crippen LogP contribution < -0.4 is 5.73 Å². The van der Waals surface area contributed by atoms with Gasteiger partial charge in [-0.1, -0.05) is 18.2 Å². The predicted molar refractivity (Wildman–Crippen MR) is 90.0 cm³/mol. The van der Waals surface area contributed by atoms with Gasteiger partial charge >= 0.3 is 0 Å². The smallest absolute Gasteiger partial charge is 0.0589 e. The van der Waals surface area contributed by atoms with E-state index in [1.54, 1.807) is 14.2 Å². The van der Waals surface area contributed by atoms with Gasteiger partial charge in [0.1, 0.15) is 0 Å². The number of thioether (sulfide) groups is 1. The zero-order chi connectivity index (χ0) is 15.3. The van der Waals surface area contributed by atoms with Crippen molar-refractivity contribution in [3.05, 3.63) is 30.3 Å². The summed E-state index contributed by atoms with van der Waals surface area (Å²) in [5, 5.41) is 0. The lowest BCUT2D eigenvalue weighted by atomic mass is 10.2. The summed E-state index contributed by atoms with van der Waals surface area (Å²) in [5.41, 5.74) is 6.22. The van der Waals surface area contributed by atoms with Crippen LogP contribution in [-0.4, -0.2) is 63.8 Å². The summed E-state index contributed by atoms with van der Waals surface area (Å²) in [6, 6.07) is 10.6. The molecule has 0 radical (unpaired) electrons. The van der Waals surface area contributed by atoms with Crippen molar-refractivity contribution in [2.45, 2.75) is 17.4 Å². The molecule has 0 aliphatic rings. The molecule has 1 aromatic rings. The van der Waals surface area contributed by atoms with Crippen molar-refractivity contribution in [1.82, 2.24) is 4.90 Å². The zero-order valence-corrected chi connectivity index (χ0v) is 14.0. The van der Waals surface area contributed by atoms with Crippen molar-refractivity contribution >= 4 is 11.8 Å². The van der Waals surface area contributed by atoms with Crippen LogP contribution in [0.2, 0.25) is 0 Å². The molecule has 1 aromatic carbocycles. The summed E-state index contributed by atoms with van der Waals surface area (Å²) >= 11 is 1.82. The Morgan fingerprint density at radius 3 is 2.24 bits per heavy atom. The Labute approximate surface area is 133 Å². The van der Waals surface area contributed by atoms with Gasteiger partial charge in [-0.25, -0.2) is 0 Å². The highest BCUT2D eigenvalue weighted by Gasteiger charge is 2.09. The second-order valence-electron chi connectivity index (χ2n) is 5.00. The first-order valence-electron chi connectivity index (χ1n) is 7.40. The van der Waals surface area contributed by atoms with Crippen molar-refractivity contribution in [2.75, 3.05) is 52.8 Å². The summed E-state index contributed by atoms with van der Waals surface area (Å²) in [7, 11) is 3.47. The highest BCUT2D eigenvalue weighted by atomic mass is 32.2. The van der Waals surface area contributed by atoms with Crippen LogP contribution in [-0.2, 0) is 9.47 Å². The summed E-state index contributed by atoms with van der Waals surface area (Å²) in [5.74, 6) is 0.951. The Kier molecular flexibility index (Phi) is 10.6. The molecule has 5 heteroatoms. The molecule has 4 nitrogen and oxygen atoms in total. The van der Waals surface area contributed by atoms with Gasteiger partial charge in [0.05, 0.1) is 13.2 Å². The zero-order valence-electron chi connectivity index (χ0n) is 13.2. The van der Waals surface area contributed by atoms with Gasteiger partial charge in [0.25, 0.3) is 0 Å². The molecule has 0 spiro atoms. The van der Waals surface area contributed by atoms with Crippen LogP contribution in [0.3, 0.4) is 0 Å². The Morgan fingerprint density at radius 2 is 1.67 bits per heavy atom. The molecule has 0 bridgehead atoms. The van der Waals surface area contributed by atoms with Crippen molar-refractivity contribution < 1.29 is 9.47 Å². The molecule has 1 atom stereocenters. The fraction of sp³-hybridized carbons (Fsp3) is 0.625. The van der Waals surface area contributed by atoms with Crippen molar-refractivity contribution in [3.63, 3.8) is 0 Å². The summed E-state index contributed by atoms with van der Waals surface area (Å²) in [6.45, 7) is 4.34. The van der Waals surface area contributed by atoms with Crippen LogP contribution >= 0.6 is 11.8 Å². The maximum atomic E-state index is 6.22. The van der Waals surface area contributed by atoms with Crippen molar-refractivity contribution in [1.29, 1.82) is 0 Å². The van der Waals surface area contributed by atoms with Gasteiger partial charge in [0.2, 0.25) is 0 Å². The third-order valence-corrected chi connectivity index (χ3v) is 4.45. The molecular formula is C16H28N2O2S. The second kappa shape index (κ2) is 12.0. The first-order chi connectivity index (χ1) is 10.3. The van der Waals surface area contributed by atoms with Gasteiger partial charge in [-0.3, -0.25) is 4.90 Å². The topological polar surface area (TPSA) is 47.7 Å². The van der Waals surface area contributed by atoms with Gasteiger partial charge in [0, 0.05) is 44.0 Å². The number of ether oxygens (including phenoxy) is 2. The Hall–Kier alpha value is -0.590. The minimum atomic E-state index is 0.211. The molecule has 21 heavy (non-hydrogen) atoms. The molecule has 0 unspecified atom stereocenters. The number of rotatable bonds is 12. The third-order valence-electron chi connectivity index (χ3n) is 3.25. The van der Waals surface area contributed by atoms with Gasteiger partial charge in [-0.2, -0.15) is 0 Å². The lowest BCUT2D eigenvalue weighted by molar-refractivity contribution is 0.112. The summed E-state index contributed by atoms with van der Waals surface area (Å²) in [6.07, 6.45) is 0.993. The molecule has 0 heterocycles. The monoisotopic (exact) mass is 312 g/mol. The van der Waals surface area contributed by atoms with Crippen LogP contribution in [0.5, 0.6) is 0 Å². The second-order valence-corrected chi connectivity index (χ2v) is 6.09. The predicted octanol–water partition coefficient (Wildman–Crippen LogP) is 2.09. The normalized spacial score (nSPS) is 12.8. The van der Waals surface area contributed by atoms with Gasteiger partial charge in [-0.15, -0.1) is 11.8 Å². The highest BCUT2D eigenvalue weighted by Crippen LogP contribution is 2.18. The van der Waals surface area contributed by atoms with E-state index in [0.717, 1.165) is 45.0 Å². The van der Waals surface area contributed by atoms with Crippen LogP contribution in [0.4, 0.5) is 0 Å². The first-order valence-corrected chi connectivity index (χ1v) is 8.38.